The summed E-state index contributed by atoms with van der Waals surface area (Å²) in [4.78, 5) is 14.2. The third-order valence-corrected chi connectivity index (χ3v) is 9.15. The van der Waals surface area contributed by atoms with E-state index in [4.69, 9.17) is 23.2 Å². The maximum atomic E-state index is 13.6. The lowest BCUT2D eigenvalue weighted by atomic mass is 10.2. The SMILES string of the molecule is Cc1ccc(S(=O)(=O)N(CC(=O)Nc2ccc(CSc3ccccc3)cc2)c2cccc(Cl)c2Cl)cc1. The number of sulfonamides is 1. The fraction of sp³-hybridized carbons (Fsp3) is 0.107. The van der Waals surface area contributed by atoms with Crippen molar-refractivity contribution in [2.45, 2.75) is 22.5 Å². The molecule has 9 heteroatoms. The summed E-state index contributed by atoms with van der Waals surface area (Å²) in [6.45, 7) is 1.38. The van der Waals surface area contributed by atoms with Gasteiger partial charge in [0.2, 0.25) is 5.91 Å². The van der Waals surface area contributed by atoms with Crippen LogP contribution < -0.4 is 9.62 Å². The maximum absolute atomic E-state index is 13.6. The lowest BCUT2D eigenvalue weighted by Crippen LogP contribution is -2.38. The van der Waals surface area contributed by atoms with E-state index in [1.165, 1.54) is 23.1 Å². The van der Waals surface area contributed by atoms with Crippen LogP contribution in [0.4, 0.5) is 11.4 Å². The van der Waals surface area contributed by atoms with Gasteiger partial charge in [-0.15, -0.1) is 11.8 Å². The molecule has 0 aliphatic heterocycles. The van der Waals surface area contributed by atoms with Crippen LogP contribution in [-0.4, -0.2) is 20.9 Å². The van der Waals surface area contributed by atoms with Crippen LogP contribution in [0.3, 0.4) is 0 Å². The largest absolute Gasteiger partial charge is 0.325 e. The fourth-order valence-corrected chi connectivity index (χ4v) is 6.28. The standard InChI is InChI=1S/C28H24Cl2N2O3S2/c1-20-10-16-24(17-11-20)37(34,35)32(26-9-5-8-25(29)28(26)30)18-27(33)31-22-14-12-21(13-15-22)19-36-23-6-3-2-4-7-23/h2-17H,18-19H2,1H3,(H,31,33). The first-order valence-corrected chi connectivity index (χ1v) is 14.5. The van der Waals surface area contributed by atoms with E-state index < -0.39 is 22.5 Å². The molecular formula is C28H24Cl2N2O3S2. The monoisotopic (exact) mass is 570 g/mol. The third-order valence-electron chi connectivity index (χ3n) is 5.48. The number of anilines is 2. The van der Waals surface area contributed by atoms with Crippen LogP contribution in [0.2, 0.25) is 10.0 Å². The van der Waals surface area contributed by atoms with E-state index in [9.17, 15) is 13.2 Å². The van der Waals surface area contributed by atoms with Crippen molar-refractivity contribution in [2.75, 3.05) is 16.2 Å². The molecule has 1 N–H and O–H groups in total. The van der Waals surface area contributed by atoms with Gasteiger partial charge in [0.05, 0.1) is 20.6 Å². The molecule has 0 spiro atoms. The van der Waals surface area contributed by atoms with Gasteiger partial charge in [0.15, 0.2) is 0 Å². The van der Waals surface area contributed by atoms with Crippen molar-refractivity contribution in [3.05, 3.63) is 118 Å². The Hall–Kier alpha value is -2.97. The van der Waals surface area contributed by atoms with Gasteiger partial charge in [0, 0.05) is 16.3 Å². The van der Waals surface area contributed by atoms with Gasteiger partial charge in [0.1, 0.15) is 6.54 Å². The zero-order valence-electron chi connectivity index (χ0n) is 19.9. The number of hydrogen-bond donors (Lipinski definition) is 1. The zero-order chi connectivity index (χ0) is 26.4. The minimum absolute atomic E-state index is 0.0437. The Labute approximate surface area is 231 Å². The van der Waals surface area contributed by atoms with E-state index in [0.717, 1.165) is 21.2 Å². The molecule has 37 heavy (non-hydrogen) atoms. The highest BCUT2D eigenvalue weighted by Gasteiger charge is 2.29. The number of halogens is 2. The molecule has 4 aromatic carbocycles. The number of carbonyl (C=O) groups is 1. The molecule has 190 valence electrons. The first kappa shape index (κ1) is 27.1. The van der Waals surface area contributed by atoms with Crippen molar-refractivity contribution >= 4 is 62.3 Å². The number of carbonyl (C=O) groups excluding carboxylic acids is 1. The number of nitrogens with zero attached hydrogens (tertiary/aromatic N) is 1. The van der Waals surface area contributed by atoms with Crippen molar-refractivity contribution in [3.8, 4) is 0 Å². The van der Waals surface area contributed by atoms with Crippen LogP contribution >= 0.6 is 35.0 Å². The van der Waals surface area contributed by atoms with Crippen molar-refractivity contribution in [2.24, 2.45) is 0 Å². The van der Waals surface area contributed by atoms with Gasteiger partial charge in [-0.1, -0.05) is 77.3 Å². The van der Waals surface area contributed by atoms with E-state index in [1.807, 2.05) is 37.3 Å². The predicted octanol–water partition coefficient (Wildman–Crippen LogP) is 7.43. The first-order chi connectivity index (χ1) is 17.7. The Kier molecular flexibility index (Phi) is 8.82. The number of aryl methyl sites for hydroxylation is 1. The lowest BCUT2D eigenvalue weighted by molar-refractivity contribution is -0.114. The molecule has 0 unspecified atom stereocenters. The van der Waals surface area contributed by atoms with Crippen LogP contribution in [0, 0.1) is 6.92 Å². The molecule has 0 heterocycles. The molecule has 0 fully saturated rings. The van der Waals surface area contributed by atoms with E-state index >= 15 is 0 Å². The summed E-state index contributed by atoms with van der Waals surface area (Å²) >= 11 is 14.3. The van der Waals surface area contributed by atoms with Gasteiger partial charge in [0.25, 0.3) is 10.0 Å². The molecule has 5 nitrogen and oxygen atoms in total. The van der Waals surface area contributed by atoms with Gasteiger partial charge >= 0.3 is 0 Å². The third kappa shape index (κ3) is 6.87. The zero-order valence-corrected chi connectivity index (χ0v) is 23.0. The molecule has 0 aromatic heterocycles. The highest BCUT2D eigenvalue weighted by atomic mass is 35.5. The molecule has 0 atom stereocenters. The average Bonchev–Trinajstić information content (AvgIpc) is 2.89. The molecule has 0 saturated carbocycles. The molecule has 4 rings (SSSR count). The molecule has 4 aromatic rings. The highest BCUT2D eigenvalue weighted by molar-refractivity contribution is 7.98. The second kappa shape index (κ2) is 12.0. The predicted molar refractivity (Wildman–Crippen MR) is 153 cm³/mol. The number of amides is 1. The second-order valence-electron chi connectivity index (χ2n) is 8.24. The van der Waals surface area contributed by atoms with Crippen molar-refractivity contribution < 1.29 is 13.2 Å². The fourth-order valence-electron chi connectivity index (χ4n) is 3.52. The number of thioether (sulfide) groups is 1. The Morgan fingerprint density at radius 1 is 0.865 bits per heavy atom. The van der Waals surface area contributed by atoms with Crippen LogP contribution in [0.1, 0.15) is 11.1 Å². The smallest absolute Gasteiger partial charge is 0.264 e. The van der Waals surface area contributed by atoms with E-state index in [0.29, 0.717) is 5.69 Å². The van der Waals surface area contributed by atoms with Crippen molar-refractivity contribution in [1.29, 1.82) is 0 Å². The highest BCUT2D eigenvalue weighted by Crippen LogP contribution is 2.35. The molecule has 0 aliphatic carbocycles. The van der Waals surface area contributed by atoms with E-state index in [2.05, 4.69) is 17.4 Å². The quantitative estimate of drug-likeness (QED) is 0.212. The van der Waals surface area contributed by atoms with Crippen LogP contribution in [-0.2, 0) is 20.6 Å². The van der Waals surface area contributed by atoms with E-state index in [1.54, 1.807) is 48.2 Å². The summed E-state index contributed by atoms with van der Waals surface area (Å²) < 4.78 is 28.1. The molecule has 0 bridgehead atoms. The molecule has 0 radical (unpaired) electrons. The number of hydrogen-bond acceptors (Lipinski definition) is 4. The second-order valence-corrected chi connectivity index (χ2v) is 11.9. The Morgan fingerprint density at radius 3 is 2.22 bits per heavy atom. The number of nitrogens with one attached hydrogen (secondary N) is 1. The summed E-state index contributed by atoms with van der Waals surface area (Å²) in [7, 11) is -4.11. The van der Waals surface area contributed by atoms with Gasteiger partial charge < -0.3 is 5.32 Å². The van der Waals surface area contributed by atoms with Gasteiger partial charge in [-0.25, -0.2) is 8.42 Å². The Balaban J connectivity index is 1.52. The maximum Gasteiger partial charge on any atom is 0.264 e. The van der Waals surface area contributed by atoms with Gasteiger partial charge in [-0.3, -0.25) is 9.10 Å². The molecular weight excluding hydrogens is 547 g/mol. The Morgan fingerprint density at radius 2 is 1.54 bits per heavy atom. The van der Waals surface area contributed by atoms with E-state index in [-0.39, 0.29) is 20.6 Å². The van der Waals surface area contributed by atoms with Crippen LogP contribution in [0.15, 0.2) is 107 Å². The van der Waals surface area contributed by atoms with Crippen molar-refractivity contribution in [3.63, 3.8) is 0 Å². The molecule has 1 amide bonds. The van der Waals surface area contributed by atoms with Gasteiger partial charge in [-0.05, 0) is 61.0 Å². The normalized spacial score (nSPS) is 11.2. The average molecular weight is 572 g/mol. The lowest BCUT2D eigenvalue weighted by Gasteiger charge is -2.25. The summed E-state index contributed by atoms with van der Waals surface area (Å²) in [5.41, 5.74) is 2.69. The summed E-state index contributed by atoms with van der Waals surface area (Å²) in [5, 5.41) is 3.02. The summed E-state index contributed by atoms with van der Waals surface area (Å²) in [6.07, 6.45) is 0. The van der Waals surface area contributed by atoms with Gasteiger partial charge in [-0.2, -0.15) is 0 Å². The minimum Gasteiger partial charge on any atom is -0.325 e. The first-order valence-electron chi connectivity index (χ1n) is 11.3. The topological polar surface area (TPSA) is 66.5 Å². The summed E-state index contributed by atoms with van der Waals surface area (Å²) in [5.74, 6) is 0.270. The minimum atomic E-state index is -4.11. The Bertz CT molecular complexity index is 1480. The van der Waals surface area contributed by atoms with Crippen molar-refractivity contribution in [1.82, 2.24) is 0 Å². The molecule has 0 aliphatic rings. The van der Waals surface area contributed by atoms with Crippen LogP contribution in [0.5, 0.6) is 0 Å². The van der Waals surface area contributed by atoms with Crippen LogP contribution in [0.25, 0.3) is 0 Å². The summed E-state index contributed by atoms with van der Waals surface area (Å²) in [6, 6.07) is 28.6. The number of rotatable bonds is 9. The molecule has 0 saturated heterocycles. The number of benzene rings is 4.